The monoisotopic (exact) mass is 602 g/mol. The number of aromatic nitrogens is 2. The summed E-state index contributed by atoms with van der Waals surface area (Å²) in [6.45, 7) is 2.08. The van der Waals surface area contributed by atoms with Crippen molar-refractivity contribution < 1.29 is 9.21 Å². The second kappa shape index (κ2) is 9.48. The van der Waals surface area contributed by atoms with Gasteiger partial charge >= 0.3 is 5.63 Å². The number of piperazine rings is 1. The molecule has 0 unspecified atom stereocenters. The second-order valence-corrected chi connectivity index (χ2v) is 10.0. The summed E-state index contributed by atoms with van der Waals surface area (Å²) in [7, 11) is 0. The van der Waals surface area contributed by atoms with E-state index in [2.05, 4.69) is 47.0 Å². The molecule has 1 aliphatic heterocycles. The summed E-state index contributed by atoms with van der Waals surface area (Å²) in [4.78, 5) is 29.3. The van der Waals surface area contributed by atoms with Gasteiger partial charge in [-0.3, -0.25) is 4.79 Å². The van der Waals surface area contributed by atoms with Crippen molar-refractivity contribution in [2.45, 2.75) is 0 Å². The molecule has 2 aromatic heterocycles. The van der Waals surface area contributed by atoms with Gasteiger partial charge in [-0.2, -0.15) is 0 Å². The van der Waals surface area contributed by atoms with Gasteiger partial charge in [0.15, 0.2) is 11.4 Å². The number of carbonyl (C=O) groups excluding carboxylic acids is 1. The number of fused-ring (bicyclic) bond motifs is 1. The van der Waals surface area contributed by atoms with Gasteiger partial charge < -0.3 is 14.2 Å². The van der Waals surface area contributed by atoms with Crippen molar-refractivity contribution in [3.05, 3.63) is 84.5 Å². The highest BCUT2D eigenvalue weighted by atomic mass is 79.9. The van der Waals surface area contributed by atoms with Gasteiger partial charge in [0.25, 0.3) is 5.91 Å². The van der Waals surface area contributed by atoms with E-state index in [9.17, 15) is 9.59 Å². The Bertz CT molecular complexity index is 1430. The number of amides is 1. The molecule has 0 saturated carbocycles. The highest BCUT2D eigenvalue weighted by Gasteiger charge is 2.26. The van der Waals surface area contributed by atoms with Crippen molar-refractivity contribution >= 4 is 66.2 Å². The first kappa shape index (κ1) is 23.0. The first-order valence-corrected chi connectivity index (χ1v) is 12.4. The maximum Gasteiger partial charge on any atom is 0.349 e. The first-order valence-electron chi connectivity index (χ1n) is 10.5. The normalized spacial score (nSPS) is 14.0. The zero-order valence-corrected chi connectivity index (χ0v) is 21.6. The van der Waals surface area contributed by atoms with Crippen LogP contribution in [0.5, 0.6) is 0 Å². The van der Waals surface area contributed by atoms with Crippen LogP contribution in [0.15, 0.2) is 72.8 Å². The number of carbonyl (C=O) groups is 1. The largest absolute Gasteiger partial charge is 0.421 e. The minimum absolute atomic E-state index is 0.0260. The van der Waals surface area contributed by atoms with Crippen LogP contribution in [0.4, 0.5) is 5.82 Å². The molecule has 0 bridgehead atoms. The van der Waals surface area contributed by atoms with Crippen LogP contribution in [0.25, 0.3) is 22.2 Å². The molecular weight excluding hydrogens is 588 g/mol. The standard InChI is InChI=1S/C24H17Br2ClN4O3/c25-16-11-15-12-18(24(33)34-22(15)19(26)13-16)23(32)31-9-7-30(8-10-31)21-6-5-20(28-29-21)14-1-3-17(27)4-2-14/h1-6,11-13H,7-10H2. The highest BCUT2D eigenvalue weighted by molar-refractivity contribution is 9.11. The van der Waals surface area contributed by atoms with Crippen LogP contribution in [-0.2, 0) is 0 Å². The minimum atomic E-state index is -0.647. The van der Waals surface area contributed by atoms with Crippen molar-refractivity contribution in [1.82, 2.24) is 15.1 Å². The summed E-state index contributed by atoms with van der Waals surface area (Å²) in [5, 5.41) is 10.0. The van der Waals surface area contributed by atoms with Gasteiger partial charge in [0, 0.05) is 46.6 Å². The maximum absolute atomic E-state index is 13.1. The van der Waals surface area contributed by atoms with Crippen LogP contribution < -0.4 is 10.5 Å². The summed E-state index contributed by atoms with van der Waals surface area (Å²) < 4.78 is 6.89. The number of halogens is 3. The fourth-order valence-electron chi connectivity index (χ4n) is 3.88. The zero-order chi connectivity index (χ0) is 23.8. The van der Waals surface area contributed by atoms with E-state index in [4.69, 9.17) is 16.0 Å². The van der Waals surface area contributed by atoms with E-state index in [-0.39, 0.29) is 11.5 Å². The third kappa shape index (κ3) is 4.60. The van der Waals surface area contributed by atoms with Crippen LogP contribution in [0, 0.1) is 0 Å². The zero-order valence-electron chi connectivity index (χ0n) is 17.7. The van der Waals surface area contributed by atoms with E-state index >= 15 is 0 Å². The molecule has 1 amide bonds. The van der Waals surface area contributed by atoms with Crippen LogP contribution in [0.3, 0.4) is 0 Å². The number of anilines is 1. The second-order valence-electron chi connectivity index (χ2n) is 7.82. The predicted molar refractivity (Wildman–Crippen MR) is 138 cm³/mol. The van der Waals surface area contributed by atoms with Crippen LogP contribution in [0.2, 0.25) is 5.02 Å². The third-order valence-electron chi connectivity index (χ3n) is 5.66. The van der Waals surface area contributed by atoms with Crippen molar-refractivity contribution in [2.75, 3.05) is 31.1 Å². The van der Waals surface area contributed by atoms with Crippen molar-refractivity contribution in [3.63, 3.8) is 0 Å². The number of hydrogen-bond acceptors (Lipinski definition) is 6. The van der Waals surface area contributed by atoms with E-state index in [0.29, 0.717) is 46.6 Å². The molecule has 5 rings (SSSR count). The van der Waals surface area contributed by atoms with Gasteiger partial charge in [-0.05, 0) is 58.4 Å². The Morgan fingerprint density at radius 1 is 0.941 bits per heavy atom. The molecule has 2 aromatic carbocycles. The summed E-state index contributed by atoms with van der Waals surface area (Å²) in [5.41, 5.74) is 1.49. The summed E-state index contributed by atoms with van der Waals surface area (Å²) in [6.07, 6.45) is 0. The quantitative estimate of drug-likeness (QED) is 0.292. The molecular formula is C24H17Br2ClN4O3. The van der Waals surface area contributed by atoms with Crippen molar-refractivity contribution in [3.8, 4) is 11.3 Å². The molecule has 0 aliphatic carbocycles. The van der Waals surface area contributed by atoms with E-state index in [1.54, 1.807) is 17.0 Å². The van der Waals surface area contributed by atoms with Gasteiger partial charge in [-0.15, -0.1) is 10.2 Å². The number of hydrogen-bond donors (Lipinski definition) is 0. The maximum atomic E-state index is 13.1. The Labute approximate surface area is 216 Å². The molecule has 0 radical (unpaired) electrons. The Morgan fingerprint density at radius 3 is 2.35 bits per heavy atom. The molecule has 3 heterocycles. The molecule has 1 fully saturated rings. The SMILES string of the molecule is O=C(c1cc2cc(Br)cc(Br)c2oc1=O)N1CCN(c2ccc(-c3ccc(Cl)cc3)nn2)CC1. The van der Waals surface area contributed by atoms with Gasteiger partial charge in [-0.25, -0.2) is 4.79 Å². The average Bonchev–Trinajstić information content (AvgIpc) is 2.84. The number of nitrogens with zero attached hydrogens (tertiary/aromatic N) is 4. The molecule has 10 heteroatoms. The van der Waals surface area contributed by atoms with Gasteiger partial charge in [0.2, 0.25) is 0 Å². The minimum Gasteiger partial charge on any atom is -0.421 e. The Balaban J connectivity index is 1.29. The Kier molecular flexibility index (Phi) is 6.42. The van der Waals surface area contributed by atoms with E-state index in [1.165, 1.54) is 0 Å². The topological polar surface area (TPSA) is 79.5 Å². The summed E-state index contributed by atoms with van der Waals surface area (Å²) >= 11 is 12.8. The fraction of sp³-hybridized carbons (Fsp3) is 0.167. The van der Waals surface area contributed by atoms with Crippen molar-refractivity contribution in [1.29, 1.82) is 0 Å². The third-order valence-corrected chi connectivity index (χ3v) is 6.96. The molecule has 172 valence electrons. The fourth-order valence-corrected chi connectivity index (χ4v) is 5.35. The number of rotatable bonds is 3. The lowest BCUT2D eigenvalue weighted by Crippen LogP contribution is -2.49. The molecule has 0 atom stereocenters. The predicted octanol–water partition coefficient (Wildman–Crippen LogP) is 5.39. The molecule has 34 heavy (non-hydrogen) atoms. The summed E-state index contributed by atoms with van der Waals surface area (Å²) in [6, 6.07) is 16.5. The van der Waals surface area contributed by atoms with E-state index in [1.807, 2.05) is 42.5 Å². The van der Waals surface area contributed by atoms with Crippen LogP contribution in [-0.4, -0.2) is 47.2 Å². The number of benzene rings is 2. The lowest BCUT2D eigenvalue weighted by molar-refractivity contribution is 0.0742. The lowest BCUT2D eigenvalue weighted by Gasteiger charge is -2.35. The lowest BCUT2D eigenvalue weighted by atomic mass is 10.1. The average molecular weight is 605 g/mol. The molecule has 1 aliphatic rings. The molecule has 7 nitrogen and oxygen atoms in total. The Morgan fingerprint density at radius 2 is 1.68 bits per heavy atom. The van der Waals surface area contributed by atoms with Crippen LogP contribution >= 0.6 is 43.5 Å². The molecule has 1 saturated heterocycles. The van der Waals surface area contributed by atoms with E-state index < -0.39 is 5.63 Å². The molecule has 0 N–H and O–H groups in total. The smallest absolute Gasteiger partial charge is 0.349 e. The first-order chi connectivity index (χ1) is 16.4. The van der Waals surface area contributed by atoms with Gasteiger partial charge in [0.05, 0.1) is 10.2 Å². The Hall–Kier alpha value is -2.75. The van der Waals surface area contributed by atoms with Gasteiger partial charge in [0.1, 0.15) is 5.56 Å². The molecule has 0 spiro atoms. The molecule has 4 aromatic rings. The van der Waals surface area contributed by atoms with Gasteiger partial charge in [-0.1, -0.05) is 39.7 Å². The van der Waals surface area contributed by atoms with Crippen LogP contribution in [0.1, 0.15) is 10.4 Å². The van der Waals surface area contributed by atoms with E-state index in [0.717, 1.165) is 21.5 Å². The summed E-state index contributed by atoms with van der Waals surface area (Å²) in [5.74, 6) is 0.403. The van der Waals surface area contributed by atoms with Crippen molar-refractivity contribution in [2.24, 2.45) is 0 Å². The highest BCUT2D eigenvalue weighted by Crippen LogP contribution is 2.28.